The van der Waals surface area contributed by atoms with Crippen LogP contribution in [0.5, 0.6) is 0 Å². The second-order valence-corrected chi connectivity index (χ2v) is 8.78. The van der Waals surface area contributed by atoms with Gasteiger partial charge in [-0.05, 0) is 18.3 Å². The Morgan fingerprint density at radius 1 is 1.41 bits per heavy atom. The van der Waals surface area contributed by atoms with Gasteiger partial charge in [-0.15, -0.1) is 0 Å². The van der Waals surface area contributed by atoms with Crippen molar-refractivity contribution in [2.24, 2.45) is 5.41 Å². The van der Waals surface area contributed by atoms with E-state index >= 15 is 0 Å². The lowest BCUT2D eigenvalue weighted by Crippen LogP contribution is -2.40. The Bertz CT molecular complexity index is 500. The summed E-state index contributed by atoms with van der Waals surface area (Å²) < 4.78 is 26.5. The van der Waals surface area contributed by atoms with Crippen molar-refractivity contribution in [3.05, 3.63) is 10.7 Å². The van der Waals surface area contributed by atoms with Crippen LogP contribution >= 0.6 is 22.9 Å². The van der Waals surface area contributed by atoms with Crippen molar-refractivity contribution in [2.45, 2.75) is 30.9 Å². The summed E-state index contributed by atoms with van der Waals surface area (Å²) in [6.07, 6.45) is 3.11. The lowest BCUT2D eigenvalue weighted by atomic mass is 9.83. The topological polar surface area (TPSA) is 50.3 Å². The molecule has 2 rings (SSSR count). The van der Waals surface area contributed by atoms with Crippen LogP contribution in [-0.4, -0.2) is 30.8 Å². The first-order valence-corrected chi connectivity index (χ1v) is 8.06. The third-order valence-corrected chi connectivity index (χ3v) is 6.58. The largest absolute Gasteiger partial charge is 0.254 e. The van der Waals surface area contributed by atoms with E-state index < -0.39 is 10.0 Å². The molecule has 1 saturated heterocycles. The summed E-state index contributed by atoms with van der Waals surface area (Å²) in [6.45, 7) is 5.48. The summed E-state index contributed by atoms with van der Waals surface area (Å²) in [5.41, 5.74) is 0.233. The molecule has 1 fully saturated rings. The number of thiazole rings is 1. The van der Waals surface area contributed by atoms with Gasteiger partial charge in [0.25, 0.3) is 10.0 Å². The fourth-order valence-corrected chi connectivity index (χ4v) is 4.71. The van der Waals surface area contributed by atoms with Crippen LogP contribution in [-0.2, 0) is 10.0 Å². The molecule has 7 heteroatoms. The van der Waals surface area contributed by atoms with Crippen molar-refractivity contribution in [1.29, 1.82) is 0 Å². The summed E-state index contributed by atoms with van der Waals surface area (Å²) in [6, 6.07) is 0. The Balaban J connectivity index is 2.18. The van der Waals surface area contributed by atoms with Crippen molar-refractivity contribution >= 4 is 33.0 Å². The average molecular weight is 295 g/mol. The van der Waals surface area contributed by atoms with Crippen LogP contribution in [0.4, 0.5) is 0 Å². The van der Waals surface area contributed by atoms with Gasteiger partial charge < -0.3 is 0 Å². The molecule has 0 aromatic carbocycles. The van der Waals surface area contributed by atoms with Crippen molar-refractivity contribution in [3.63, 3.8) is 0 Å². The van der Waals surface area contributed by atoms with E-state index in [0.29, 0.717) is 13.1 Å². The number of nitrogens with zero attached hydrogens (tertiary/aromatic N) is 2. The van der Waals surface area contributed by atoms with E-state index in [9.17, 15) is 8.42 Å². The zero-order valence-corrected chi connectivity index (χ0v) is 12.2. The summed E-state index contributed by atoms with van der Waals surface area (Å²) in [4.78, 5) is 3.78. The highest BCUT2D eigenvalue weighted by molar-refractivity contribution is 7.91. The Morgan fingerprint density at radius 3 is 2.47 bits per heavy atom. The zero-order valence-electron chi connectivity index (χ0n) is 9.81. The minimum Gasteiger partial charge on any atom is -0.232 e. The van der Waals surface area contributed by atoms with Crippen LogP contribution in [0, 0.1) is 5.41 Å². The third-order valence-electron chi connectivity index (χ3n) is 3.13. The Labute approximate surface area is 111 Å². The van der Waals surface area contributed by atoms with Crippen LogP contribution in [0.25, 0.3) is 0 Å². The SMILES string of the molecule is CC1(C)CCN(S(=O)(=O)c2cnc(Cl)s2)CC1. The van der Waals surface area contributed by atoms with Gasteiger partial charge in [-0.25, -0.2) is 13.4 Å². The van der Waals surface area contributed by atoms with E-state index in [0.717, 1.165) is 24.2 Å². The third kappa shape index (κ3) is 2.81. The van der Waals surface area contributed by atoms with E-state index in [-0.39, 0.29) is 14.1 Å². The summed E-state index contributed by atoms with van der Waals surface area (Å²) in [7, 11) is -3.39. The molecule has 0 spiro atoms. The molecule has 0 radical (unpaired) electrons. The smallest absolute Gasteiger partial charge is 0.232 e. The molecule has 0 atom stereocenters. The molecule has 17 heavy (non-hydrogen) atoms. The van der Waals surface area contributed by atoms with E-state index in [1.165, 1.54) is 10.5 Å². The number of halogens is 1. The van der Waals surface area contributed by atoms with Crippen LogP contribution in [0.3, 0.4) is 0 Å². The number of aromatic nitrogens is 1. The number of hydrogen-bond acceptors (Lipinski definition) is 4. The number of piperidine rings is 1. The molecule has 4 nitrogen and oxygen atoms in total. The summed E-state index contributed by atoms with van der Waals surface area (Å²) >= 11 is 6.69. The van der Waals surface area contributed by atoms with Gasteiger partial charge in [-0.1, -0.05) is 36.8 Å². The lowest BCUT2D eigenvalue weighted by molar-refractivity contribution is 0.196. The van der Waals surface area contributed by atoms with Gasteiger partial charge >= 0.3 is 0 Å². The number of rotatable bonds is 2. The monoisotopic (exact) mass is 294 g/mol. The minimum atomic E-state index is -3.39. The standard InChI is InChI=1S/C10H15ClN2O2S2/c1-10(2)3-5-13(6-4-10)17(14,15)8-7-12-9(11)16-8/h7H,3-6H2,1-2H3. The van der Waals surface area contributed by atoms with E-state index in [1.807, 2.05) is 0 Å². The van der Waals surface area contributed by atoms with E-state index in [4.69, 9.17) is 11.6 Å². The molecule has 0 bridgehead atoms. The molecule has 0 amide bonds. The van der Waals surface area contributed by atoms with Gasteiger partial charge in [-0.3, -0.25) is 0 Å². The van der Waals surface area contributed by atoms with Crippen LogP contribution < -0.4 is 0 Å². The molecule has 1 aromatic rings. The first kappa shape index (κ1) is 13.3. The van der Waals surface area contributed by atoms with Gasteiger partial charge in [0.1, 0.15) is 0 Å². The lowest BCUT2D eigenvalue weighted by Gasteiger charge is -2.35. The minimum absolute atomic E-state index is 0.233. The second-order valence-electron chi connectivity index (χ2n) is 5.00. The fraction of sp³-hybridized carbons (Fsp3) is 0.700. The molecule has 1 aliphatic rings. The highest BCUT2D eigenvalue weighted by atomic mass is 35.5. The summed E-state index contributed by atoms with van der Waals surface area (Å²) in [5, 5.41) is 0. The van der Waals surface area contributed by atoms with Gasteiger partial charge in [-0.2, -0.15) is 4.31 Å². The van der Waals surface area contributed by atoms with Gasteiger partial charge in [0, 0.05) is 13.1 Å². The first-order valence-electron chi connectivity index (χ1n) is 5.43. The molecule has 0 aliphatic carbocycles. The maximum absolute atomic E-state index is 12.2. The first-order chi connectivity index (χ1) is 7.81. The highest BCUT2D eigenvalue weighted by Crippen LogP contribution is 2.33. The normalized spacial score (nSPS) is 21.6. The van der Waals surface area contributed by atoms with Crippen LogP contribution in [0.1, 0.15) is 26.7 Å². The van der Waals surface area contributed by atoms with Crippen molar-refractivity contribution in [3.8, 4) is 0 Å². The molecule has 1 aromatic heterocycles. The maximum atomic E-state index is 12.2. The second kappa shape index (κ2) is 4.50. The number of sulfonamides is 1. The summed E-state index contributed by atoms with van der Waals surface area (Å²) in [5.74, 6) is 0. The Kier molecular flexibility index (Phi) is 3.51. The maximum Gasteiger partial charge on any atom is 0.254 e. The van der Waals surface area contributed by atoms with Crippen molar-refractivity contribution in [1.82, 2.24) is 9.29 Å². The predicted molar refractivity (Wildman–Crippen MR) is 68.9 cm³/mol. The highest BCUT2D eigenvalue weighted by Gasteiger charge is 2.33. The Morgan fingerprint density at radius 2 is 2.00 bits per heavy atom. The fourth-order valence-electron chi connectivity index (χ4n) is 1.82. The zero-order chi connectivity index (χ0) is 12.7. The predicted octanol–water partition coefficient (Wildman–Crippen LogP) is 2.61. The van der Waals surface area contributed by atoms with Crippen molar-refractivity contribution in [2.75, 3.05) is 13.1 Å². The van der Waals surface area contributed by atoms with Crippen LogP contribution in [0.15, 0.2) is 10.4 Å². The Hall–Kier alpha value is -0.170. The molecule has 0 N–H and O–H groups in total. The van der Waals surface area contributed by atoms with Gasteiger partial charge in [0.05, 0.1) is 6.20 Å². The van der Waals surface area contributed by atoms with Gasteiger partial charge in [0.15, 0.2) is 8.68 Å². The number of hydrogen-bond donors (Lipinski definition) is 0. The molecule has 96 valence electrons. The molecule has 2 heterocycles. The molecule has 0 unspecified atom stereocenters. The van der Waals surface area contributed by atoms with Gasteiger partial charge in [0.2, 0.25) is 0 Å². The average Bonchev–Trinajstić information content (AvgIpc) is 2.65. The molecule has 0 saturated carbocycles. The van der Waals surface area contributed by atoms with E-state index in [1.54, 1.807) is 0 Å². The quantitative estimate of drug-likeness (QED) is 0.842. The molecular formula is C10H15ClN2O2S2. The van der Waals surface area contributed by atoms with Crippen molar-refractivity contribution < 1.29 is 8.42 Å². The molecular weight excluding hydrogens is 280 g/mol. The van der Waals surface area contributed by atoms with E-state index in [2.05, 4.69) is 18.8 Å². The van der Waals surface area contributed by atoms with Crippen LogP contribution in [0.2, 0.25) is 4.47 Å². The molecule has 1 aliphatic heterocycles.